The summed E-state index contributed by atoms with van der Waals surface area (Å²) in [4.78, 5) is 73.9. The molecule has 2 aliphatic carbocycles. The zero-order chi connectivity index (χ0) is 37.9. The molecule has 5 amide bonds. The van der Waals surface area contributed by atoms with Crippen LogP contribution in [0.3, 0.4) is 0 Å². The van der Waals surface area contributed by atoms with Crippen LogP contribution in [0.15, 0.2) is 42.7 Å². The fourth-order valence-electron chi connectivity index (χ4n) is 6.49. The SMILES string of the molecule is CCCC(NC(=O)[C@@H]1C[C@@H](Oc2cc(-n3cccn3)nc3cc(OC)ccc23)CN1C(=O)[C@@H](NC(=O)NCC1CC1)C(C)(C)C)C(=O)C(=O)NC1CC1. The van der Waals surface area contributed by atoms with E-state index in [1.165, 1.54) is 4.90 Å². The summed E-state index contributed by atoms with van der Waals surface area (Å²) < 4.78 is 13.7. The fraction of sp³-hybridized carbons (Fsp3) is 0.553. The number of pyridine rings is 1. The third-order valence-corrected chi connectivity index (χ3v) is 9.83. The number of Topliss-reactive ketones (excluding diaryl/α,β-unsaturated/α-hetero) is 1. The molecule has 4 atom stereocenters. The maximum Gasteiger partial charge on any atom is 0.315 e. The first kappa shape index (κ1) is 37.5. The van der Waals surface area contributed by atoms with E-state index in [0.717, 1.165) is 25.7 Å². The molecule has 3 fully saturated rings. The van der Waals surface area contributed by atoms with Crippen LogP contribution in [0.5, 0.6) is 11.5 Å². The molecule has 3 heterocycles. The van der Waals surface area contributed by atoms with Crippen molar-refractivity contribution in [3.05, 3.63) is 42.7 Å². The molecule has 3 aromatic rings. The average Bonchev–Trinajstić information content (AvgIpc) is 4.03. The van der Waals surface area contributed by atoms with Gasteiger partial charge in [0.25, 0.3) is 5.91 Å². The molecule has 1 unspecified atom stereocenters. The summed E-state index contributed by atoms with van der Waals surface area (Å²) in [6.45, 7) is 7.94. The van der Waals surface area contributed by atoms with Gasteiger partial charge >= 0.3 is 6.03 Å². The van der Waals surface area contributed by atoms with E-state index < -0.39 is 59.2 Å². The number of urea groups is 1. The smallest absolute Gasteiger partial charge is 0.315 e. The highest BCUT2D eigenvalue weighted by atomic mass is 16.5. The Morgan fingerprint density at radius 2 is 1.81 bits per heavy atom. The number of aromatic nitrogens is 3. The van der Waals surface area contributed by atoms with E-state index in [1.54, 1.807) is 48.5 Å². The first-order valence-electron chi connectivity index (χ1n) is 18.5. The van der Waals surface area contributed by atoms with Crippen molar-refractivity contribution in [2.45, 2.75) is 103 Å². The number of ketones is 1. The summed E-state index contributed by atoms with van der Waals surface area (Å²) in [5, 5.41) is 16.3. The number of methoxy groups -OCH3 is 1. The van der Waals surface area contributed by atoms with Crippen molar-refractivity contribution >= 4 is 40.4 Å². The number of benzene rings is 1. The summed E-state index contributed by atoms with van der Waals surface area (Å²) in [5.74, 6) is -0.491. The standard InChI is InChI=1S/C38H50N8O7/c1-6-8-27(32(47)35(49)41-23-11-12-23)43-34(48)29-18-25(21-45(29)36(50)33(38(2,3)4)44-37(51)39-20-22-9-10-22)53-30-19-31(46-16-7-15-40-46)42-28-17-24(52-5)13-14-26(28)30/h7,13-17,19,22-23,25,27,29,33H,6,8-12,18,20-21H2,1-5H3,(H,41,49)(H,43,48)(H2,39,44,51)/t25-,27?,29+,33-/m1/s1. The van der Waals surface area contributed by atoms with Crippen LogP contribution in [0.25, 0.3) is 16.7 Å². The second-order valence-corrected chi connectivity index (χ2v) is 15.4. The summed E-state index contributed by atoms with van der Waals surface area (Å²) in [6, 6.07) is 5.34. The van der Waals surface area contributed by atoms with Crippen LogP contribution in [0.2, 0.25) is 0 Å². The highest BCUT2D eigenvalue weighted by Gasteiger charge is 2.47. The van der Waals surface area contributed by atoms with Gasteiger partial charge in [-0.3, -0.25) is 19.2 Å². The second-order valence-electron chi connectivity index (χ2n) is 15.4. The Bertz CT molecular complexity index is 1830. The Morgan fingerprint density at radius 3 is 2.45 bits per heavy atom. The number of likely N-dealkylation sites (tertiary alicyclic amines) is 1. The molecule has 0 radical (unpaired) electrons. The lowest BCUT2D eigenvalue weighted by Crippen LogP contribution is -2.60. The molecule has 53 heavy (non-hydrogen) atoms. The van der Waals surface area contributed by atoms with Crippen LogP contribution in [-0.2, 0) is 19.2 Å². The van der Waals surface area contributed by atoms with Crippen molar-refractivity contribution in [2.24, 2.45) is 11.3 Å². The van der Waals surface area contributed by atoms with Crippen molar-refractivity contribution in [2.75, 3.05) is 20.2 Å². The van der Waals surface area contributed by atoms with E-state index in [0.29, 0.717) is 47.1 Å². The predicted molar refractivity (Wildman–Crippen MR) is 195 cm³/mol. The Kier molecular flexibility index (Phi) is 11.2. The van der Waals surface area contributed by atoms with Crippen LogP contribution < -0.4 is 30.7 Å². The second kappa shape index (κ2) is 15.8. The Balaban J connectivity index is 1.29. The summed E-state index contributed by atoms with van der Waals surface area (Å²) in [7, 11) is 1.57. The minimum atomic E-state index is -1.07. The quantitative estimate of drug-likeness (QED) is 0.171. The van der Waals surface area contributed by atoms with E-state index in [2.05, 4.69) is 26.4 Å². The molecule has 6 rings (SSSR count). The number of nitrogens with zero attached hydrogens (tertiary/aromatic N) is 4. The molecule has 2 saturated carbocycles. The first-order chi connectivity index (χ1) is 25.3. The van der Waals surface area contributed by atoms with Gasteiger partial charge in [-0.25, -0.2) is 14.5 Å². The third-order valence-electron chi connectivity index (χ3n) is 9.83. The molecule has 4 N–H and O–H groups in total. The van der Waals surface area contributed by atoms with Gasteiger partial charge in [-0.15, -0.1) is 0 Å². The van der Waals surface area contributed by atoms with Crippen LogP contribution >= 0.6 is 0 Å². The monoisotopic (exact) mass is 730 g/mol. The minimum absolute atomic E-state index is 0.0144. The van der Waals surface area contributed by atoms with Gasteiger partial charge in [-0.05, 0) is 61.6 Å². The molecule has 2 aromatic heterocycles. The fourth-order valence-corrected chi connectivity index (χ4v) is 6.49. The maximum atomic E-state index is 14.5. The third kappa shape index (κ3) is 9.24. The number of rotatable bonds is 15. The molecular formula is C38H50N8O7. The van der Waals surface area contributed by atoms with E-state index >= 15 is 0 Å². The number of amides is 5. The van der Waals surface area contributed by atoms with Gasteiger partial charge in [0.2, 0.25) is 17.6 Å². The molecule has 1 aliphatic heterocycles. The number of carbonyl (C=O) groups excluding carboxylic acids is 5. The van der Waals surface area contributed by atoms with Crippen LogP contribution in [0, 0.1) is 11.3 Å². The number of fused-ring (bicyclic) bond motifs is 1. The van der Waals surface area contributed by atoms with Gasteiger partial charge in [0.15, 0.2) is 5.82 Å². The zero-order valence-corrected chi connectivity index (χ0v) is 31.0. The molecule has 0 bridgehead atoms. The average molecular weight is 731 g/mol. The number of hydrogen-bond acceptors (Lipinski definition) is 9. The van der Waals surface area contributed by atoms with E-state index in [1.807, 2.05) is 33.8 Å². The van der Waals surface area contributed by atoms with Gasteiger partial charge in [-0.2, -0.15) is 5.10 Å². The molecule has 15 heteroatoms. The van der Waals surface area contributed by atoms with Crippen LogP contribution in [-0.4, -0.2) is 99.7 Å². The summed E-state index contributed by atoms with van der Waals surface area (Å²) >= 11 is 0. The highest BCUT2D eigenvalue weighted by molar-refractivity contribution is 6.38. The van der Waals surface area contributed by atoms with Crippen molar-refractivity contribution < 1.29 is 33.4 Å². The van der Waals surface area contributed by atoms with E-state index in [-0.39, 0.29) is 25.4 Å². The Morgan fingerprint density at radius 1 is 1.04 bits per heavy atom. The maximum absolute atomic E-state index is 14.5. The van der Waals surface area contributed by atoms with Crippen LogP contribution in [0.1, 0.15) is 72.6 Å². The van der Waals surface area contributed by atoms with Gasteiger partial charge in [-0.1, -0.05) is 34.1 Å². The molecule has 15 nitrogen and oxygen atoms in total. The largest absolute Gasteiger partial charge is 0.497 e. The number of ether oxygens (including phenoxy) is 2. The lowest BCUT2D eigenvalue weighted by molar-refractivity contribution is -0.144. The summed E-state index contributed by atoms with van der Waals surface area (Å²) in [5.41, 5.74) is -0.138. The van der Waals surface area contributed by atoms with E-state index in [9.17, 15) is 24.0 Å². The van der Waals surface area contributed by atoms with Gasteiger partial charge in [0, 0.05) is 48.9 Å². The van der Waals surface area contributed by atoms with Crippen LogP contribution in [0.4, 0.5) is 4.79 Å². The summed E-state index contributed by atoms with van der Waals surface area (Å²) in [6.07, 6.45) is 7.34. The van der Waals surface area contributed by atoms with Crippen molar-refractivity contribution in [3.8, 4) is 17.3 Å². The molecular weight excluding hydrogens is 680 g/mol. The topological polar surface area (TPSA) is 186 Å². The molecule has 284 valence electrons. The molecule has 1 aromatic carbocycles. The van der Waals surface area contributed by atoms with Crippen molar-refractivity contribution in [1.29, 1.82) is 0 Å². The first-order valence-corrected chi connectivity index (χ1v) is 18.5. The minimum Gasteiger partial charge on any atom is -0.497 e. The van der Waals surface area contributed by atoms with E-state index in [4.69, 9.17) is 14.5 Å². The molecule has 3 aliphatic rings. The van der Waals surface area contributed by atoms with Gasteiger partial charge in [0.05, 0.1) is 25.2 Å². The highest BCUT2D eigenvalue weighted by Crippen LogP contribution is 2.34. The Labute approximate surface area is 308 Å². The zero-order valence-electron chi connectivity index (χ0n) is 31.0. The van der Waals surface area contributed by atoms with Crippen molar-refractivity contribution in [1.82, 2.24) is 40.9 Å². The number of nitrogens with one attached hydrogen (secondary N) is 4. The Hall–Kier alpha value is -5.21. The normalized spacial score (nSPS) is 19.6. The number of hydrogen-bond donors (Lipinski definition) is 4. The molecule has 0 spiro atoms. The predicted octanol–water partition coefficient (Wildman–Crippen LogP) is 3.03. The lowest BCUT2D eigenvalue weighted by Gasteiger charge is -2.35. The van der Waals surface area contributed by atoms with Crippen molar-refractivity contribution in [3.63, 3.8) is 0 Å². The van der Waals surface area contributed by atoms with Gasteiger partial charge in [0.1, 0.15) is 29.7 Å². The number of carbonyl (C=O) groups is 5. The molecule has 1 saturated heterocycles. The lowest BCUT2D eigenvalue weighted by atomic mass is 9.85. The van der Waals surface area contributed by atoms with Gasteiger partial charge < -0.3 is 35.6 Å².